The molecule has 3 heteroatoms. The zero-order chi connectivity index (χ0) is 9.14. The van der Waals surface area contributed by atoms with Gasteiger partial charge in [0.05, 0.1) is 5.92 Å². The number of aliphatic carboxylic acids is 1. The van der Waals surface area contributed by atoms with Gasteiger partial charge in [-0.25, -0.2) is 0 Å². The van der Waals surface area contributed by atoms with Gasteiger partial charge in [-0.2, -0.15) is 0 Å². The highest BCUT2D eigenvalue weighted by Gasteiger charge is 2.31. The summed E-state index contributed by atoms with van der Waals surface area (Å²) >= 11 is 0. The van der Waals surface area contributed by atoms with Crippen molar-refractivity contribution in [2.75, 3.05) is 19.6 Å². The van der Waals surface area contributed by atoms with Crippen molar-refractivity contribution in [3.8, 4) is 0 Å². The summed E-state index contributed by atoms with van der Waals surface area (Å²) in [4.78, 5) is 12.5. The Labute approximate surface area is 72.0 Å². The molecule has 1 N–H and O–H groups in total. The fourth-order valence-electron chi connectivity index (χ4n) is 1.21. The van der Waals surface area contributed by atoms with Crippen LogP contribution in [0.15, 0.2) is 24.8 Å². The van der Waals surface area contributed by atoms with Crippen LogP contribution < -0.4 is 0 Å². The minimum absolute atomic E-state index is 0.178. The van der Waals surface area contributed by atoms with Crippen molar-refractivity contribution >= 4 is 5.97 Å². The smallest absolute Gasteiger partial charge is 0.309 e. The minimum Gasteiger partial charge on any atom is -0.481 e. The van der Waals surface area contributed by atoms with Crippen LogP contribution in [0.2, 0.25) is 0 Å². The first-order chi connectivity index (χ1) is 5.63. The molecule has 0 saturated carbocycles. The summed E-state index contributed by atoms with van der Waals surface area (Å²) in [6.07, 6.45) is 1.70. The molecule has 1 aliphatic rings. The molecular weight excluding hydrogens is 154 g/mol. The van der Waals surface area contributed by atoms with Crippen molar-refractivity contribution in [3.63, 3.8) is 0 Å². The summed E-state index contributed by atoms with van der Waals surface area (Å²) in [5.41, 5.74) is 0.943. The largest absolute Gasteiger partial charge is 0.481 e. The number of nitrogens with zero attached hydrogens (tertiary/aromatic N) is 1. The number of carboxylic acids is 1. The van der Waals surface area contributed by atoms with Crippen LogP contribution >= 0.6 is 0 Å². The second-order valence-electron chi connectivity index (χ2n) is 3.09. The van der Waals surface area contributed by atoms with Crippen LogP contribution in [0.5, 0.6) is 0 Å². The SMILES string of the molecule is C=CC(=C)CN1CC(C(=O)O)C1. The van der Waals surface area contributed by atoms with Gasteiger partial charge in [-0.3, -0.25) is 9.69 Å². The number of carboxylic acid groups (broad SMARTS) is 1. The zero-order valence-corrected chi connectivity index (χ0v) is 6.99. The van der Waals surface area contributed by atoms with E-state index in [0.717, 1.165) is 12.1 Å². The predicted octanol–water partition coefficient (Wildman–Crippen LogP) is 0.745. The lowest BCUT2D eigenvalue weighted by atomic mass is 10.00. The van der Waals surface area contributed by atoms with Gasteiger partial charge in [-0.1, -0.05) is 19.2 Å². The van der Waals surface area contributed by atoms with Crippen molar-refractivity contribution in [2.24, 2.45) is 5.92 Å². The summed E-state index contributed by atoms with van der Waals surface area (Å²) in [6.45, 7) is 9.37. The molecule has 0 atom stereocenters. The van der Waals surface area contributed by atoms with E-state index in [9.17, 15) is 4.79 Å². The molecule has 0 bridgehead atoms. The first-order valence-electron chi connectivity index (χ1n) is 3.89. The second kappa shape index (κ2) is 3.54. The van der Waals surface area contributed by atoms with Gasteiger partial charge >= 0.3 is 5.97 Å². The summed E-state index contributed by atoms with van der Waals surface area (Å²) in [5, 5.41) is 8.57. The van der Waals surface area contributed by atoms with Crippen LogP contribution in [0.1, 0.15) is 0 Å². The number of hydrogen-bond donors (Lipinski definition) is 1. The summed E-state index contributed by atoms with van der Waals surface area (Å²) < 4.78 is 0. The first-order valence-corrected chi connectivity index (χ1v) is 3.89. The minimum atomic E-state index is -0.699. The Balaban J connectivity index is 2.22. The summed E-state index contributed by atoms with van der Waals surface area (Å²) in [5.74, 6) is -0.877. The molecule has 1 aliphatic heterocycles. The van der Waals surface area contributed by atoms with E-state index >= 15 is 0 Å². The Morgan fingerprint density at radius 1 is 1.67 bits per heavy atom. The third-order valence-electron chi connectivity index (χ3n) is 2.02. The lowest BCUT2D eigenvalue weighted by Gasteiger charge is -2.36. The summed E-state index contributed by atoms with van der Waals surface area (Å²) in [6, 6.07) is 0. The molecule has 1 saturated heterocycles. The average Bonchev–Trinajstić information content (AvgIpc) is 1.94. The Morgan fingerprint density at radius 2 is 2.25 bits per heavy atom. The average molecular weight is 167 g/mol. The van der Waals surface area contributed by atoms with Crippen LogP contribution in [0, 0.1) is 5.92 Å². The van der Waals surface area contributed by atoms with Gasteiger partial charge in [-0.05, 0) is 5.57 Å². The summed E-state index contributed by atoms with van der Waals surface area (Å²) in [7, 11) is 0. The van der Waals surface area contributed by atoms with Crippen molar-refractivity contribution in [1.82, 2.24) is 4.90 Å². The van der Waals surface area contributed by atoms with Gasteiger partial charge in [0.25, 0.3) is 0 Å². The molecule has 12 heavy (non-hydrogen) atoms. The second-order valence-corrected chi connectivity index (χ2v) is 3.09. The van der Waals surface area contributed by atoms with Crippen molar-refractivity contribution in [2.45, 2.75) is 0 Å². The van der Waals surface area contributed by atoms with E-state index in [4.69, 9.17) is 5.11 Å². The van der Waals surface area contributed by atoms with Gasteiger partial charge in [-0.15, -0.1) is 0 Å². The lowest BCUT2D eigenvalue weighted by molar-refractivity contribution is -0.147. The van der Waals surface area contributed by atoms with E-state index in [1.54, 1.807) is 6.08 Å². The maximum absolute atomic E-state index is 10.4. The molecule has 1 heterocycles. The highest BCUT2D eigenvalue weighted by molar-refractivity contribution is 5.71. The molecule has 0 aliphatic carbocycles. The first kappa shape index (κ1) is 9.00. The fraction of sp³-hybridized carbons (Fsp3) is 0.444. The molecule has 0 radical (unpaired) electrons. The third kappa shape index (κ3) is 1.95. The number of likely N-dealkylation sites (tertiary alicyclic amines) is 1. The molecular formula is C9H13NO2. The van der Waals surface area contributed by atoms with E-state index in [1.165, 1.54) is 0 Å². The lowest BCUT2D eigenvalue weighted by Crippen LogP contribution is -2.50. The normalized spacial score (nSPS) is 18.3. The zero-order valence-electron chi connectivity index (χ0n) is 6.99. The molecule has 0 aromatic heterocycles. The van der Waals surface area contributed by atoms with E-state index in [-0.39, 0.29) is 5.92 Å². The molecule has 1 fully saturated rings. The predicted molar refractivity (Wildman–Crippen MR) is 46.9 cm³/mol. The van der Waals surface area contributed by atoms with Crippen LogP contribution in [-0.2, 0) is 4.79 Å². The number of carbonyl (C=O) groups is 1. The Bertz CT molecular complexity index is 217. The molecule has 3 nitrogen and oxygen atoms in total. The Morgan fingerprint density at radius 3 is 2.67 bits per heavy atom. The van der Waals surface area contributed by atoms with Crippen molar-refractivity contribution < 1.29 is 9.90 Å². The van der Waals surface area contributed by atoms with E-state index < -0.39 is 5.97 Å². The van der Waals surface area contributed by atoms with Crippen LogP contribution in [0.25, 0.3) is 0 Å². The molecule has 66 valence electrons. The molecule has 0 unspecified atom stereocenters. The van der Waals surface area contributed by atoms with Gasteiger partial charge in [0, 0.05) is 19.6 Å². The maximum atomic E-state index is 10.4. The fourth-order valence-corrected chi connectivity index (χ4v) is 1.21. The molecule has 0 aromatic carbocycles. The third-order valence-corrected chi connectivity index (χ3v) is 2.02. The van der Waals surface area contributed by atoms with Crippen LogP contribution in [0.3, 0.4) is 0 Å². The monoisotopic (exact) mass is 167 g/mol. The van der Waals surface area contributed by atoms with Crippen molar-refractivity contribution in [3.05, 3.63) is 24.8 Å². The maximum Gasteiger partial charge on any atom is 0.309 e. The van der Waals surface area contributed by atoms with Gasteiger partial charge in [0.2, 0.25) is 0 Å². The van der Waals surface area contributed by atoms with E-state index in [0.29, 0.717) is 13.1 Å². The molecule has 1 rings (SSSR count). The molecule has 0 spiro atoms. The number of hydrogen-bond acceptors (Lipinski definition) is 2. The molecule has 0 amide bonds. The topological polar surface area (TPSA) is 40.5 Å². The van der Waals surface area contributed by atoms with E-state index in [1.807, 2.05) is 4.90 Å². The van der Waals surface area contributed by atoms with Gasteiger partial charge in [0.1, 0.15) is 0 Å². The highest BCUT2D eigenvalue weighted by atomic mass is 16.4. The number of rotatable bonds is 4. The Kier molecular flexibility index (Phi) is 2.65. The van der Waals surface area contributed by atoms with Crippen LogP contribution in [0.4, 0.5) is 0 Å². The van der Waals surface area contributed by atoms with Crippen LogP contribution in [-0.4, -0.2) is 35.6 Å². The van der Waals surface area contributed by atoms with Gasteiger partial charge < -0.3 is 5.11 Å². The Hall–Kier alpha value is -1.09. The van der Waals surface area contributed by atoms with Crippen molar-refractivity contribution in [1.29, 1.82) is 0 Å². The quantitative estimate of drug-likeness (QED) is 0.628. The van der Waals surface area contributed by atoms with E-state index in [2.05, 4.69) is 13.2 Å². The molecule has 0 aromatic rings. The standard InChI is InChI=1S/C9H13NO2/c1-3-7(2)4-10-5-8(6-10)9(11)12/h3,8H,1-2,4-6H2,(H,11,12). The highest BCUT2D eigenvalue weighted by Crippen LogP contribution is 2.16. The van der Waals surface area contributed by atoms with Gasteiger partial charge in [0.15, 0.2) is 0 Å².